The number of alkyl carbamates (subject to hydrolysis) is 1. The van der Waals surface area contributed by atoms with Crippen molar-refractivity contribution in [3.05, 3.63) is 59.2 Å². The average Bonchev–Trinajstić information content (AvgIpc) is 2.99. The Morgan fingerprint density at radius 2 is 1.33 bits per heavy atom. The van der Waals surface area contributed by atoms with Gasteiger partial charge in [-0.15, -0.1) is 5.10 Å². The molecule has 17 heteroatoms. The lowest BCUT2D eigenvalue weighted by atomic mass is 10.1. The molecule has 2 amide bonds. The molecule has 268 valence electrons. The van der Waals surface area contributed by atoms with Crippen molar-refractivity contribution < 1.29 is 46.4 Å². The van der Waals surface area contributed by atoms with Crippen LogP contribution in [0.3, 0.4) is 0 Å². The standard InChI is InChI=1S/C31H46F3N7O7/c1-30(2,3)48-29(43)38-12-14-45-16-18-47-20-19-46-17-15-44-13-11-37-28(42)22-5-10-26(25(21-22)27(35)40-41(4)36)39-24-8-6-23(7-9-24)31(32,33)34/h5-10,21,39H,11-20,36H2,1-4H3,(H2,35,40)(H,37,42)(H,38,43). The molecule has 0 radical (unpaired) electrons. The molecule has 0 unspecified atom stereocenters. The summed E-state index contributed by atoms with van der Waals surface area (Å²) in [6, 6.07) is 9.08. The fraction of sp³-hybridized carbons (Fsp3) is 0.516. The van der Waals surface area contributed by atoms with Crippen LogP contribution >= 0.6 is 0 Å². The number of carbonyl (C=O) groups is 2. The summed E-state index contributed by atoms with van der Waals surface area (Å²) in [5.41, 5.74) is 6.14. The number of amides is 2. The van der Waals surface area contributed by atoms with Crippen LogP contribution in [-0.2, 0) is 29.9 Å². The van der Waals surface area contributed by atoms with Crippen molar-refractivity contribution in [2.45, 2.75) is 32.5 Å². The van der Waals surface area contributed by atoms with Crippen molar-refractivity contribution in [1.82, 2.24) is 15.8 Å². The molecule has 2 aromatic carbocycles. The number of hydrogen-bond acceptors (Lipinski definition) is 11. The first kappa shape index (κ1) is 40.0. The van der Waals surface area contributed by atoms with Crippen LogP contribution in [0.1, 0.15) is 42.3 Å². The quantitative estimate of drug-likeness (QED) is 0.0454. The van der Waals surface area contributed by atoms with Gasteiger partial charge >= 0.3 is 12.3 Å². The number of halogens is 3. The molecule has 48 heavy (non-hydrogen) atoms. The maximum atomic E-state index is 12.9. The van der Waals surface area contributed by atoms with Crippen molar-refractivity contribution in [2.75, 3.05) is 78.3 Å². The summed E-state index contributed by atoms with van der Waals surface area (Å²) in [6.07, 6.45) is -4.95. The SMILES string of the molecule is CN(N)/N=C(\N)c1cc(C(=O)NCCOCCOCCOCCOCCNC(=O)OC(C)(C)C)ccc1Nc1ccc(C(F)(F)F)cc1. The molecule has 0 atom stereocenters. The highest BCUT2D eigenvalue weighted by Crippen LogP contribution is 2.31. The third kappa shape index (κ3) is 16.6. The highest BCUT2D eigenvalue weighted by Gasteiger charge is 2.30. The van der Waals surface area contributed by atoms with Crippen LogP contribution < -0.4 is 27.5 Å². The number of rotatable bonds is 20. The molecule has 0 aliphatic carbocycles. The van der Waals surface area contributed by atoms with Gasteiger partial charge in [0.05, 0.1) is 58.4 Å². The molecule has 0 heterocycles. The lowest BCUT2D eigenvalue weighted by Crippen LogP contribution is -2.34. The van der Waals surface area contributed by atoms with Crippen LogP contribution in [0, 0.1) is 0 Å². The van der Waals surface area contributed by atoms with Gasteiger partial charge in [0.25, 0.3) is 5.91 Å². The molecule has 0 saturated heterocycles. The summed E-state index contributed by atoms with van der Waals surface area (Å²) < 4.78 is 65.6. The van der Waals surface area contributed by atoms with E-state index in [1.807, 2.05) is 0 Å². The molecule has 0 aromatic heterocycles. The molecule has 7 N–H and O–H groups in total. The smallest absolute Gasteiger partial charge is 0.416 e. The minimum atomic E-state index is -4.46. The second-order valence-electron chi connectivity index (χ2n) is 11.2. The lowest BCUT2D eigenvalue weighted by molar-refractivity contribution is -0.137. The van der Waals surface area contributed by atoms with Gasteiger partial charge in [-0.25, -0.2) is 15.8 Å². The Balaban J connectivity index is 1.64. The average molecular weight is 686 g/mol. The van der Waals surface area contributed by atoms with Gasteiger partial charge in [-0.05, 0) is 63.2 Å². The molecule has 0 bridgehead atoms. The third-order valence-electron chi connectivity index (χ3n) is 5.88. The van der Waals surface area contributed by atoms with Crippen LogP contribution in [0.25, 0.3) is 0 Å². The number of anilines is 2. The zero-order valence-corrected chi connectivity index (χ0v) is 27.7. The van der Waals surface area contributed by atoms with Gasteiger partial charge in [0.1, 0.15) is 5.60 Å². The first-order valence-corrected chi connectivity index (χ1v) is 15.1. The first-order valence-electron chi connectivity index (χ1n) is 15.1. The number of nitrogens with one attached hydrogen (secondary N) is 3. The maximum Gasteiger partial charge on any atom is 0.416 e. The van der Waals surface area contributed by atoms with Crippen LogP contribution in [0.2, 0.25) is 0 Å². The topological polar surface area (TPSA) is 184 Å². The van der Waals surface area contributed by atoms with E-state index in [1.54, 1.807) is 26.8 Å². The number of carbonyl (C=O) groups excluding carboxylic acids is 2. The minimum absolute atomic E-state index is 0.0178. The molecular formula is C31H46F3N7O7. The first-order chi connectivity index (χ1) is 22.7. The highest BCUT2D eigenvalue weighted by atomic mass is 19.4. The Kier molecular flexibility index (Phi) is 16.9. The van der Waals surface area contributed by atoms with E-state index in [4.69, 9.17) is 35.3 Å². The molecule has 0 fully saturated rings. The Morgan fingerprint density at radius 3 is 1.83 bits per heavy atom. The van der Waals surface area contributed by atoms with Crippen LogP contribution in [0.5, 0.6) is 0 Å². The zero-order chi connectivity index (χ0) is 35.6. The molecule has 2 rings (SSSR count). The molecule has 0 saturated carbocycles. The Hall–Kier alpha value is -4.16. The highest BCUT2D eigenvalue weighted by molar-refractivity contribution is 6.05. The third-order valence-corrected chi connectivity index (χ3v) is 5.88. The van der Waals surface area contributed by atoms with Gasteiger partial charge in [-0.2, -0.15) is 13.2 Å². The van der Waals surface area contributed by atoms with E-state index in [1.165, 1.54) is 31.3 Å². The van der Waals surface area contributed by atoms with Crippen molar-refractivity contribution in [1.29, 1.82) is 0 Å². The lowest BCUT2D eigenvalue weighted by Gasteiger charge is -2.19. The summed E-state index contributed by atoms with van der Waals surface area (Å²) in [5, 5.41) is 13.3. The van der Waals surface area contributed by atoms with Crippen molar-refractivity contribution >= 4 is 29.2 Å². The van der Waals surface area contributed by atoms with E-state index in [-0.39, 0.29) is 24.6 Å². The predicted molar refractivity (Wildman–Crippen MR) is 174 cm³/mol. The van der Waals surface area contributed by atoms with Crippen molar-refractivity contribution in [2.24, 2.45) is 16.7 Å². The Bertz CT molecular complexity index is 1300. The fourth-order valence-corrected chi connectivity index (χ4v) is 3.77. The van der Waals surface area contributed by atoms with Gasteiger partial charge < -0.3 is 45.4 Å². The molecule has 0 spiro atoms. The van der Waals surface area contributed by atoms with Gasteiger partial charge in [0.2, 0.25) is 0 Å². The Labute approximate surface area is 278 Å². The second-order valence-corrected chi connectivity index (χ2v) is 11.2. The number of hydrogen-bond donors (Lipinski definition) is 5. The van der Waals surface area contributed by atoms with Gasteiger partial charge in [0, 0.05) is 42.6 Å². The van der Waals surface area contributed by atoms with E-state index in [0.29, 0.717) is 69.7 Å². The summed E-state index contributed by atoms with van der Waals surface area (Å²) in [5.74, 6) is 5.18. The van der Waals surface area contributed by atoms with Crippen LogP contribution in [-0.4, -0.2) is 102 Å². The summed E-state index contributed by atoms with van der Waals surface area (Å²) >= 11 is 0. The molecular weight excluding hydrogens is 639 g/mol. The number of nitrogens with two attached hydrogens (primary N) is 2. The number of amidine groups is 1. The number of benzene rings is 2. The van der Waals surface area contributed by atoms with Crippen LogP contribution in [0.4, 0.5) is 29.3 Å². The van der Waals surface area contributed by atoms with E-state index in [2.05, 4.69) is 21.1 Å². The molecule has 0 aliphatic heterocycles. The van der Waals surface area contributed by atoms with Gasteiger partial charge in [0.15, 0.2) is 5.84 Å². The second kappa shape index (κ2) is 20.3. The summed E-state index contributed by atoms with van der Waals surface area (Å²) in [4.78, 5) is 24.3. The number of hydrazine groups is 1. The number of ether oxygens (including phenoxy) is 5. The van der Waals surface area contributed by atoms with Crippen molar-refractivity contribution in [3.8, 4) is 0 Å². The zero-order valence-electron chi connectivity index (χ0n) is 27.7. The van der Waals surface area contributed by atoms with Gasteiger partial charge in [-0.1, -0.05) is 0 Å². The number of nitrogens with zero attached hydrogens (tertiary/aromatic N) is 2. The van der Waals surface area contributed by atoms with E-state index >= 15 is 0 Å². The van der Waals surface area contributed by atoms with Gasteiger partial charge in [-0.3, -0.25) is 4.79 Å². The fourth-order valence-electron chi connectivity index (χ4n) is 3.77. The maximum absolute atomic E-state index is 12.9. The molecule has 2 aromatic rings. The molecule has 0 aliphatic rings. The summed E-state index contributed by atoms with van der Waals surface area (Å²) in [7, 11) is 1.46. The summed E-state index contributed by atoms with van der Waals surface area (Å²) in [6.45, 7) is 8.69. The minimum Gasteiger partial charge on any atom is -0.444 e. The number of hydrazone groups is 1. The van der Waals surface area contributed by atoms with Crippen molar-refractivity contribution in [3.63, 3.8) is 0 Å². The van der Waals surface area contributed by atoms with E-state index in [9.17, 15) is 22.8 Å². The predicted octanol–water partition coefficient (Wildman–Crippen LogP) is 3.20. The van der Waals surface area contributed by atoms with E-state index < -0.39 is 29.3 Å². The molecule has 14 nitrogen and oxygen atoms in total. The monoisotopic (exact) mass is 685 g/mol. The van der Waals surface area contributed by atoms with Crippen LogP contribution in [0.15, 0.2) is 47.6 Å². The normalized spacial score (nSPS) is 12.0. The number of alkyl halides is 3. The van der Waals surface area contributed by atoms with E-state index in [0.717, 1.165) is 17.3 Å². The largest absolute Gasteiger partial charge is 0.444 e. The Morgan fingerprint density at radius 1 is 0.812 bits per heavy atom.